The van der Waals surface area contributed by atoms with Crippen LogP contribution in [0.15, 0.2) is 24.3 Å². The number of halogens is 1. The van der Waals surface area contributed by atoms with Crippen LogP contribution in [0.5, 0.6) is 0 Å². The molecule has 8 heteroatoms. The Hall–Kier alpha value is -1.58. The summed E-state index contributed by atoms with van der Waals surface area (Å²) in [7, 11) is 0. The lowest BCUT2D eigenvalue weighted by Crippen LogP contribution is -2.49. The molecule has 0 unspecified atom stereocenters. The van der Waals surface area contributed by atoms with Crippen LogP contribution in [-0.2, 0) is 16.1 Å². The predicted molar refractivity (Wildman–Crippen MR) is 116 cm³/mol. The van der Waals surface area contributed by atoms with Gasteiger partial charge in [0.2, 0.25) is 5.91 Å². The summed E-state index contributed by atoms with van der Waals surface area (Å²) in [6.07, 6.45) is -2.05. The largest absolute Gasteiger partial charge is 0.388 e. The smallest absolute Gasteiger partial charge is 0.222 e. The molecular weight excluding hydrogens is 403 g/mol. The molecule has 1 aromatic rings. The first kappa shape index (κ1) is 25.7. The Morgan fingerprint density at radius 1 is 1.13 bits per heavy atom. The second kappa shape index (κ2) is 13.1. The molecule has 0 spiro atoms. The van der Waals surface area contributed by atoms with E-state index in [1.807, 2.05) is 13.8 Å². The molecular formula is C23H37FN2O5. The van der Waals surface area contributed by atoms with Crippen molar-refractivity contribution in [2.24, 2.45) is 5.92 Å². The van der Waals surface area contributed by atoms with Crippen LogP contribution >= 0.6 is 0 Å². The number of carbonyl (C=O) groups is 1. The molecule has 31 heavy (non-hydrogen) atoms. The minimum atomic E-state index is -1.41. The average molecular weight is 441 g/mol. The standard InChI is InChI=1S/C23H37FN2O5/c1-17(2)13-22(29)26-11-10-25(14-18-7-3-4-8-19(18)24)9-5-6-12-31-16-21(28)23(30)20(27)15-26/h3-4,7-8,17,20-21,23,27-28,30H,5-6,9-16H2,1-2H3/t20-,21+,23+/m0/s1. The Bertz CT molecular complexity index is 675. The van der Waals surface area contributed by atoms with Gasteiger partial charge in [-0.2, -0.15) is 0 Å². The number of carbonyl (C=O) groups excluding carboxylic acids is 1. The van der Waals surface area contributed by atoms with E-state index in [-0.39, 0.29) is 30.8 Å². The number of rotatable bonds is 4. The lowest BCUT2D eigenvalue weighted by Gasteiger charge is -2.32. The summed E-state index contributed by atoms with van der Waals surface area (Å²) in [6, 6.07) is 6.66. The summed E-state index contributed by atoms with van der Waals surface area (Å²) in [4.78, 5) is 16.4. The van der Waals surface area contributed by atoms with E-state index in [9.17, 15) is 24.5 Å². The van der Waals surface area contributed by atoms with Crippen LogP contribution < -0.4 is 0 Å². The second-order valence-corrected chi connectivity index (χ2v) is 8.71. The number of hydrogen-bond donors (Lipinski definition) is 3. The van der Waals surface area contributed by atoms with Crippen molar-refractivity contribution in [1.29, 1.82) is 0 Å². The third kappa shape index (κ3) is 8.82. The summed E-state index contributed by atoms with van der Waals surface area (Å²) < 4.78 is 19.6. The quantitative estimate of drug-likeness (QED) is 0.655. The van der Waals surface area contributed by atoms with Crippen LogP contribution in [0, 0.1) is 11.7 Å². The van der Waals surface area contributed by atoms with Crippen molar-refractivity contribution in [2.45, 2.75) is 58.0 Å². The Balaban J connectivity index is 2.15. The summed E-state index contributed by atoms with van der Waals surface area (Å²) in [6.45, 7) is 6.11. The molecule has 1 fully saturated rings. The lowest BCUT2D eigenvalue weighted by atomic mass is 10.1. The van der Waals surface area contributed by atoms with Crippen molar-refractivity contribution >= 4 is 5.91 Å². The van der Waals surface area contributed by atoms with Crippen LogP contribution in [0.25, 0.3) is 0 Å². The molecule has 1 amide bonds. The first-order valence-corrected chi connectivity index (χ1v) is 11.1. The molecule has 0 bridgehead atoms. The molecule has 1 aliphatic heterocycles. The molecule has 2 rings (SSSR count). The molecule has 1 aliphatic rings. The number of ether oxygens (including phenoxy) is 1. The Morgan fingerprint density at radius 3 is 2.58 bits per heavy atom. The van der Waals surface area contributed by atoms with Crippen molar-refractivity contribution in [3.63, 3.8) is 0 Å². The normalized spacial score (nSPS) is 25.4. The first-order chi connectivity index (χ1) is 14.8. The SMILES string of the molecule is CC(C)CC(=O)N1CCN(Cc2ccccc2F)CCCCOC[C@@H](O)[C@H](O)[C@@H](O)C1. The molecule has 176 valence electrons. The molecule has 3 N–H and O–H groups in total. The monoisotopic (exact) mass is 440 g/mol. The number of aliphatic hydroxyl groups is 3. The topological polar surface area (TPSA) is 93.5 Å². The Kier molecular flexibility index (Phi) is 10.8. The maximum atomic E-state index is 14.2. The number of β-amino-alcohol motifs (C(OH)–C–C–N with tert-alkyl or cyclic N) is 1. The predicted octanol–water partition coefficient (Wildman–Crippen LogP) is 1.40. The van der Waals surface area contributed by atoms with E-state index in [0.29, 0.717) is 44.8 Å². The molecule has 1 aromatic carbocycles. The van der Waals surface area contributed by atoms with Gasteiger partial charge in [0.15, 0.2) is 0 Å². The molecule has 7 nitrogen and oxygen atoms in total. The zero-order valence-electron chi connectivity index (χ0n) is 18.6. The highest BCUT2D eigenvalue weighted by Crippen LogP contribution is 2.13. The molecule has 3 atom stereocenters. The first-order valence-electron chi connectivity index (χ1n) is 11.1. The van der Waals surface area contributed by atoms with Gasteiger partial charge in [-0.15, -0.1) is 0 Å². The Morgan fingerprint density at radius 2 is 1.87 bits per heavy atom. The number of hydrogen-bond acceptors (Lipinski definition) is 6. The van der Waals surface area contributed by atoms with Gasteiger partial charge in [0.1, 0.15) is 24.1 Å². The lowest BCUT2D eigenvalue weighted by molar-refractivity contribution is -0.137. The van der Waals surface area contributed by atoms with Gasteiger partial charge in [0.25, 0.3) is 0 Å². The van der Waals surface area contributed by atoms with E-state index >= 15 is 0 Å². The van der Waals surface area contributed by atoms with Gasteiger partial charge < -0.3 is 25.0 Å². The van der Waals surface area contributed by atoms with Crippen molar-refractivity contribution in [3.8, 4) is 0 Å². The third-order valence-electron chi connectivity index (χ3n) is 5.47. The van der Waals surface area contributed by atoms with Crippen molar-refractivity contribution < 1.29 is 29.2 Å². The van der Waals surface area contributed by atoms with Crippen molar-refractivity contribution in [1.82, 2.24) is 9.80 Å². The molecule has 1 heterocycles. The maximum absolute atomic E-state index is 14.2. The van der Waals surface area contributed by atoms with Crippen LogP contribution in [0.4, 0.5) is 4.39 Å². The summed E-state index contributed by atoms with van der Waals surface area (Å²) >= 11 is 0. The minimum absolute atomic E-state index is 0.0860. The van der Waals surface area contributed by atoms with Crippen LogP contribution in [0.3, 0.4) is 0 Å². The van der Waals surface area contributed by atoms with Gasteiger partial charge in [-0.3, -0.25) is 9.69 Å². The van der Waals surface area contributed by atoms with E-state index in [1.54, 1.807) is 18.2 Å². The van der Waals surface area contributed by atoms with Gasteiger partial charge in [-0.25, -0.2) is 4.39 Å². The summed E-state index contributed by atoms with van der Waals surface area (Å²) in [5.74, 6) is -0.230. The minimum Gasteiger partial charge on any atom is -0.388 e. The Labute approximate surface area is 184 Å². The van der Waals surface area contributed by atoms with Crippen LogP contribution in [0.2, 0.25) is 0 Å². The third-order valence-corrected chi connectivity index (χ3v) is 5.47. The van der Waals surface area contributed by atoms with Crippen molar-refractivity contribution in [2.75, 3.05) is 39.4 Å². The average Bonchev–Trinajstić information content (AvgIpc) is 2.72. The van der Waals surface area contributed by atoms with Crippen LogP contribution in [-0.4, -0.2) is 88.7 Å². The number of nitrogens with zero attached hydrogens (tertiary/aromatic N) is 2. The zero-order valence-corrected chi connectivity index (χ0v) is 18.6. The highest BCUT2D eigenvalue weighted by Gasteiger charge is 2.29. The molecule has 0 radical (unpaired) electrons. The van der Waals surface area contributed by atoms with Gasteiger partial charge in [0.05, 0.1) is 6.61 Å². The summed E-state index contributed by atoms with van der Waals surface area (Å²) in [5, 5.41) is 30.7. The second-order valence-electron chi connectivity index (χ2n) is 8.71. The fraction of sp³-hybridized carbons (Fsp3) is 0.696. The maximum Gasteiger partial charge on any atom is 0.222 e. The molecule has 0 aliphatic carbocycles. The highest BCUT2D eigenvalue weighted by atomic mass is 19.1. The number of aliphatic hydroxyl groups excluding tert-OH is 3. The molecule has 0 saturated carbocycles. The van der Waals surface area contributed by atoms with Crippen LogP contribution in [0.1, 0.15) is 38.7 Å². The van der Waals surface area contributed by atoms with E-state index in [0.717, 1.165) is 12.8 Å². The van der Waals surface area contributed by atoms with Crippen molar-refractivity contribution in [3.05, 3.63) is 35.6 Å². The van der Waals surface area contributed by atoms with E-state index in [2.05, 4.69) is 4.90 Å². The molecule has 0 aromatic heterocycles. The van der Waals surface area contributed by atoms with Gasteiger partial charge in [0, 0.05) is 44.8 Å². The van der Waals surface area contributed by atoms with E-state index in [4.69, 9.17) is 4.74 Å². The fourth-order valence-corrected chi connectivity index (χ4v) is 3.63. The van der Waals surface area contributed by atoms with E-state index < -0.39 is 18.3 Å². The van der Waals surface area contributed by atoms with Gasteiger partial charge >= 0.3 is 0 Å². The molecule has 1 saturated heterocycles. The summed E-state index contributed by atoms with van der Waals surface area (Å²) in [5.41, 5.74) is 0.596. The number of benzene rings is 1. The zero-order chi connectivity index (χ0) is 22.8. The van der Waals surface area contributed by atoms with Gasteiger partial charge in [-0.1, -0.05) is 32.0 Å². The number of amides is 1. The highest BCUT2D eigenvalue weighted by molar-refractivity contribution is 5.76. The van der Waals surface area contributed by atoms with Gasteiger partial charge in [-0.05, 0) is 31.4 Å². The fourth-order valence-electron chi connectivity index (χ4n) is 3.63. The van der Waals surface area contributed by atoms with E-state index in [1.165, 1.54) is 11.0 Å².